The van der Waals surface area contributed by atoms with Crippen LogP contribution in [0.25, 0.3) is 0 Å². The van der Waals surface area contributed by atoms with E-state index < -0.39 is 0 Å². The van der Waals surface area contributed by atoms with Gasteiger partial charge in [-0.25, -0.2) is 0 Å². The molecule has 1 atom stereocenters. The Balaban J connectivity index is 1.78. The van der Waals surface area contributed by atoms with Gasteiger partial charge in [-0.3, -0.25) is 4.79 Å². The maximum atomic E-state index is 11.9. The van der Waals surface area contributed by atoms with Gasteiger partial charge in [-0.05, 0) is 72.4 Å². The molecule has 1 aromatic rings. The number of carbonyl (C=O) groups is 1. The largest absolute Gasteiger partial charge is 0.326 e. The molecule has 1 unspecified atom stereocenters. The zero-order valence-corrected chi connectivity index (χ0v) is 13.1. The lowest BCUT2D eigenvalue weighted by atomic mass is 9.94. The van der Waals surface area contributed by atoms with Crippen molar-refractivity contribution in [2.75, 3.05) is 18.4 Å². The van der Waals surface area contributed by atoms with Gasteiger partial charge in [0.2, 0.25) is 5.91 Å². The molecule has 104 valence electrons. The van der Waals surface area contributed by atoms with Crippen LogP contribution in [0.1, 0.15) is 25.7 Å². The zero-order valence-electron chi connectivity index (χ0n) is 10.7. The Labute approximate surface area is 127 Å². The van der Waals surface area contributed by atoms with Crippen LogP contribution < -0.4 is 10.6 Å². The number of rotatable bonds is 4. The molecule has 19 heavy (non-hydrogen) atoms. The quantitative estimate of drug-likeness (QED) is 0.871. The third-order valence-corrected chi connectivity index (χ3v) is 4.60. The Kier molecular flexibility index (Phi) is 5.67. The monoisotopic (exact) mass is 344 g/mol. The molecule has 1 fully saturated rings. The molecule has 1 saturated heterocycles. The van der Waals surface area contributed by atoms with Crippen LogP contribution in [0.3, 0.4) is 0 Å². The first-order chi connectivity index (χ1) is 9.15. The molecule has 1 aliphatic rings. The fraction of sp³-hybridized carbons (Fsp3) is 0.500. The predicted molar refractivity (Wildman–Crippen MR) is 82.6 cm³/mol. The SMILES string of the molecule is O=C(CCC1CCCNC1)Nc1ccc(Cl)c(Br)c1. The van der Waals surface area contributed by atoms with Crippen molar-refractivity contribution in [3.05, 3.63) is 27.7 Å². The van der Waals surface area contributed by atoms with Crippen molar-refractivity contribution in [3.8, 4) is 0 Å². The fourth-order valence-electron chi connectivity index (χ4n) is 2.30. The Morgan fingerprint density at radius 3 is 3.05 bits per heavy atom. The number of amides is 1. The molecular formula is C14H18BrClN2O. The van der Waals surface area contributed by atoms with Crippen LogP contribution >= 0.6 is 27.5 Å². The van der Waals surface area contributed by atoms with E-state index in [4.69, 9.17) is 11.6 Å². The van der Waals surface area contributed by atoms with Gasteiger partial charge < -0.3 is 10.6 Å². The number of nitrogens with one attached hydrogen (secondary N) is 2. The summed E-state index contributed by atoms with van der Waals surface area (Å²) in [6.07, 6.45) is 3.98. The molecule has 0 bridgehead atoms. The molecule has 2 rings (SSSR count). The van der Waals surface area contributed by atoms with Crippen molar-refractivity contribution >= 4 is 39.1 Å². The number of hydrogen-bond acceptors (Lipinski definition) is 2. The molecule has 0 saturated carbocycles. The first kappa shape index (κ1) is 14.8. The minimum atomic E-state index is 0.0693. The highest BCUT2D eigenvalue weighted by Gasteiger charge is 2.14. The average Bonchev–Trinajstić information content (AvgIpc) is 2.42. The van der Waals surface area contributed by atoms with Crippen molar-refractivity contribution in [3.63, 3.8) is 0 Å². The number of carbonyl (C=O) groups excluding carboxylic acids is 1. The van der Waals surface area contributed by atoms with Gasteiger partial charge in [0, 0.05) is 16.6 Å². The van der Waals surface area contributed by atoms with Gasteiger partial charge in [0.1, 0.15) is 0 Å². The van der Waals surface area contributed by atoms with Crippen LogP contribution in [-0.4, -0.2) is 19.0 Å². The van der Waals surface area contributed by atoms with Crippen LogP contribution in [0.5, 0.6) is 0 Å². The lowest BCUT2D eigenvalue weighted by Gasteiger charge is -2.22. The molecule has 1 aliphatic heterocycles. The molecule has 1 aromatic carbocycles. The van der Waals surface area contributed by atoms with Gasteiger partial charge in [0.15, 0.2) is 0 Å². The maximum Gasteiger partial charge on any atom is 0.224 e. The molecular weight excluding hydrogens is 328 g/mol. The molecule has 1 amide bonds. The van der Waals surface area contributed by atoms with Gasteiger partial charge in [-0.2, -0.15) is 0 Å². The Hall–Kier alpha value is -0.580. The van der Waals surface area contributed by atoms with E-state index in [0.717, 1.165) is 29.7 Å². The smallest absolute Gasteiger partial charge is 0.224 e. The van der Waals surface area contributed by atoms with Gasteiger partial charge in [0.05, 0.1) is 5.02 Å². The maximum absolute atomic E-state index is 11.9. The highest BCUT2D eigenvalue weighted by molar-refractivity contribution is 9.10. The Morgan fingerprint density at radius 2 is 2.37 bits per heavy atom. The summed E-state index contributed by atoms with van der Waals surface area (Å²) in [5, 5.41) is 6.92. The van der Waals surface area contributed by atoms with Gasteiger partial charge in [-0.15, -0.1) is 0 Å². The van der Waals surface area contributed by atoms with Crippen LogP contribution in [-0.2, 0) is 4.79 Å². The van der Waals surface area contributed by atoms with Gasteiger partial charge in [-0.1, -0.05) is 11.6 Å². The van der Waals surface area contributed by atoms with E-state index in [-0.39, 0.29) is 5.91 Å². The second-order valence-corrected chi connectivity index (χ2v) is 6.19. The van der Waals surface area contributed by atoms with E-state index in [9.17, 15) is 4.79 Å². The highest BCUT2D eigenvalue weighted by Crippen LogP contribution is 2.25. The highest BCUT2D eigenvalue weighted by atomic mass is 79.9. The third kappa shape index (κ3) is 4.79. The third-order valence-electron chi connectivity index (χ3n) is 3.38. The second-order valence-electron chi connectivity index (χ2n) is 4.93. The summed E-state index contributed by atoms with van der Waals surface area (Å²) in [5.41, 5.74) is 0.781. The summed E-state index contributed by atoms with van der Waals surface area (Å²) in [7, 11) is 0. The first-order valence-corrected chi connectivity index (χ1v) is 7.78. The minimum Gasteiger partial charge on any atom is -0.326 e. The summed E-state index contributed by atoms with van der Waals surface area (Å²) in [6, 6.07) is 5.40. The van der Waals surface area contributed by atoms with E-state index in [1.807, 2.05) is 12.1 Å². The minimum absolute atomic E-state index is 0.0693. The van der Waals surface area contributed by atoms with E-state index in [1.54, 1.807) is 6.07 Å². The molecule has 2 N–H and O–H groups in total. The second kappa shape index (κ2) is 7.27. The number of piperidine rings is 1. The van der Waals surface area contributed by atoms with E-state index >= 15 is 0 Å². The first-order valence-electron chi connectivity index (χ1n) is 6.61. The number of benzene rings is 1. The van der Waals surface area contributed by atoms with E-state index in [2.05, 4.69) is 26.6 Å². The number of anilines is 1. The van der Waals surface area contributed by atoms with Crippen molar-refractivity contribution in [2.45, 2.75) is 25.7 Å². The standard InChI is InChI=1S/C14H18BrClN2O/c15-12-8-11(4-5-13(12)16)18-14(19)6-3-10-2-1-7-17-9-10/h4-5,8,10,17H,1-3,6-7,9H2,(H,18,19). The van der Waals surface area contributed by atoms with Crippen LogP contribution in [0.2, 0.25) is 5.02 Å². The Bertz CT molecular complexity index is 447. The van der Waals surface area contributed by atoms with E-state index in [0.29, 0.717) is 17.4 Å². The Morgan fingerprint density at radius 1 is 1.53 bits per heavy atom. The van der Waals surface area contributed by atoms with Crippen molar-refractivity contribution in [1.29, 1.82) is 0 Å². The molecule has 0 spiro atoms. The summed E-state index contributed by atoms with van der Waals surface area (Å²) >= 11 is 9.26. The summed E-state index contributed by atoms with van der Waals surface area (Å²) in [5.74, 6) is 0.705. The van der Waals surface area contributed by atoms with Crippen molar-refractivity contribution in [1.82, 2.24) is 5.32 Å². The molecule has 0 radical (unpaired) electrons. The van der Waals surface area contributed by atoms with Crippen LogP contribution in [0.4, 0.5) is 5.69 Å². The van der Waals surface area contributed by atoms with Crippen molar-refractivity contribution < 1.29 is 4.79 Å². The van der Waals surface area contributed by atoms with Crippen molar-refractivity contribution in [2.24, 2.45) is 5.92 Å². The molecule has 0 aromatic heterocycles. The zero-order chi connectivity index (χ0) is 13.7. The molecule has 5 heteroatoms. The van der Waals surface area contributed by atoms with Gasteiger partial charge >= 0.3 is 0 Å². The summed E-state index contributed by atoms with van der Waals surface area (Å²) in [6.45, 7) is 2.15. The summed E-state index contributed by atoms with van der Waals surface area (Å²) < 4.78 is 0.795. The van der Waals surface area contributed by atoms with Crippen LogP contribution in [0.15, 0.2) is 22.7 Å². The number of hydrogen-bond donors (Lipinski definition) is 2. The summed E-state index contributed by atoms with van der Waals surface area (Å²) in [4.78, 5) is 11.9. The number of halogens is 2. The fourth-order valence-corrected chi connectivity index (χ4v) is 2.80. The normalized spacial score (nSPS) is 19.2. The van der Waals surface area contributed by atoms with Crippen LogP contribution in [0, 0.1) is 5.92 Å². The average molecular weight is 346 g/mol. The molecule has 0 aliphatic carbocycles. The molecule has 3 nitrogen and oxygen atoms in total. The molecule has 1 heterocycles. The lowest BCUT2D eigenvalue weighted by Crippen LogP contribution is -2.30. The lowest BCUT2D eigenvalue weighted by molar-refractivity contribution is -0.116. The topological polar surface area (TPSA) is 41.1 Å². The van der Waals surface area contributed by atoms with Gasteiger partial charge in [0.25, 0.3) is 0 Å². The predicted octanol–water partition coefficient (Wildman–Crippen LogP) is 3.82. The van der Waals surface area contributed by atoms with E-state index in [1.165, 1.54) is 12.8 Å².